The van der Waals surface area contributed by atoms with Crippen molar-refractivity contribution in [1.82, 2.24) is 15.0 Å². The fourth-order valence-electron chi connectivity index (χ4n) is 2.84. The van der Waals surface area contributed by atoms with E-state index in [0.717, 1.165) is 0 Å². The zero-order chi connectivity index (χ0) is 21.4. The molecular weight excluding hydrogens is 398 g/mol. The molecule has 4 N–H and O–H groups in total. The summed E-state index contributed by atoms with van der Waals surface area (Å²) in [6.45, 7) is -0.631. The van der Waals surface area contributed by atoms with Crippen molar-refractivity contribution in [3.63, 3.8) is 0 Å². The van der Waals surface area contributed by atoms with Crippen molar-refractivity contribution >= 4 is 23.0 Å². The van der Waals surface area contributed by atoms with Crippen LogP contribution >= 0.6 is 0 Å². The van der Waals surface area contributed by atoms with E-state index < -0.39 is 42.3 Å². The van der Waals surface area contributed by atoms with E-state index in [-0.39, 0.29) is 17.0 Å². The summed E-state index contributed by atoms with van der Waals surface area (Å²) in [6.07, 6.45) is -3.14. The predicted octanol–water partition coefficient (Wildman–Crippen LogP) is 0.897. The minimum Gasteiger partial charge on any atom is -0.506 e. The molecule has 2 unspecified atom stereocenters. The van der Waals surface area contributed by atoms with Crippen LogP contribution in [0.25, 0.3) is 16.7 Å². The lowest BCUT2D eigenvalue weighted by Crippen LogP contribution is -2.33. The first-order valence-corrected chi connectivity index (χ1v) is 8.69. The molecule has 154 valence electrons. The second-order valence-corrected chi connectivity index (χ2v) is 6.41. The highest BCUT2D eigenvalue weighted by Gasteiger charge is 2.39. The van der Waals surface area contributed by atoms with Crippen LogP contribution in [0.4, 0.5) is 0 Å². The van der Waals surface area contributed by atoms with Crippen LogP contribution in [-0.2, 0) is 14.3 Å². The molecule has 3 aromatic rings. The number of ether oxygens (including phenoxy) is 2. The Morgan fingerprint density at radius 3 is 2.40 bits per heavy atom. The average molecular weight is 413 g/mol. The van der Waals surface area contributed by atoms with Crippen LogP contribution in [0.15, 0.2) is 54.0 Å². The average Bonchev–Trinajstić information content (AvgIpc) is 3.28. The van der Waals surface area contributed by atoms with Gasteiger partial charge < -0.3 is 29.9 Å². The number of hydrogen-bond acceptors (Lipinski definition) is 10. The molecule has 0 aliphatic carbocycles. The van der Waals surface area contributed by atoms with E-state index >= 15 is 0 Å². The molecule has 0 bridgehead atoms. The Morgan fingerprint density at radius 2 is 1.80 bits per heavy atom. The number of nitrogens with zero attached hydrogens (tertiary/aromatic N) is 3. The molecule has 0 amide bonds. The molecule has 1 aliphatic rings. The summed E-state index contributed by atoms with van der Waals surface area (Å²) in [5.74, 6) is -4.07. The maximum Gasteiger partial charge on any atom is 0.377 e. The number of hydrogen-bond donors (Lipinski definition) is 4. The van der Waals surface area contributed by atoms with Crippen molar-refractivity contribution in [3.05, 3.63) is 59.5 Å². The third-order valence-electron chi connectivity index (χ3n) is 4.39. The van der Waals surface area contributed by atoms with Gasteiger partial charge in [-0.25, -0.2) is 9.59 Å². The van der Waals surface area contributed by atoms with E-state index in [0.29, 0.717) is 11.0 Å². The number of rotatable bonds is 5. The number of aromatic nitrogens is 3. The molecule has 1 aliphatic heterocycles. The molecule has 2 heterocycles. The van der Waals surface area contributed by atoms with Gasteiger partial charge in [0.05, 0.1) is 5.56 Å². The first kappa shape index (κ1) is 19.2. The molecule has 11 nitrogen and oxygen atoms in total. The van der Waals surface area contributed by atoms with E-state index in [1.54, 1.807) is 24.3 Å². The molecular formula is C19H15N3O8. The van der Waals surface area contributed by atoms with Crippen molar-refractivity contribution in [1.29, 1.82) is 0 Å². The highest BCUT2D eigenvalue weighted by atomic mass is 16.6. The number of carbonyl (C=O) groups excluding carboxylic acids is 2. The Morgan fingerprint density at radius 1 is 1.13 bits per heavy atom. The zero-order valence-electron chi connectivity index (χ0n) is 15.2. The predicted molar refractivity (Wildman–Crippen MR) is 99.0 cm³/mol. The van der Waals surface area contributed by atoms with Gasteiger partial charge in [-0.05, 0) is 30.3 Å². The van der Waals surface area contributed by atoms with Crippen LogP contribution in [0.5, 0.6) is 5.75 Å². The maximum absolute atomic E-state index is 12.3. The largest absolute Gasteiger partial charge is 0.506 e. The lowest BCUT2D eigenvalue weighted by atomic mass is 10.1. The van der Waals surface area contributed by atoms with E-state index in [2.05, 4.69) is 14.9 Å². The van der Waals surface area contributed by atoms with Crippen LogP contribution in [0.3, 0.4) is 0 Å². The van der Waals surface area contributed by atoms with Crippen molar-refractivity contribution in [3.8, 4) is 11.4 Å². The Bertz CT molecular complexity index is 1150. The zero-order valence-corrected chi connectivity index (χ0v) is 15.2. The number of aliphatic hydroxyl groups excluding tert-OH is 3. The van der Waals surface area contributed by atoms with Crippen molar-refractivity contribution in [2.75, 3.05) is 6.61 Å². The number of phenolic OH excluding ortho intramolecular Hbond substituents is 1. The van der Waals surface area contributed by atoms with Crippen molar-refractivity contribution in [2.24, 2.45) is 0 Å². The van der Waals surface area contributed by atoms with Crippen LogP contribution in [0.2, 0.25) is 0 Å². The summed E-state index contributed by atoms with van der Waals surface area (Å²) in [7, 11) is 0. The molecule has 11 heteroatoms. The topological polar surface area (TPSA) is 164 Å². The summed E-state index contributed by atoms with van der Waals surface area (Å²) in [5.41, 5.74) is 1.35. The highest BCUT2D eigenvalue weighted by Crippen LogP contribution is 2.24. The molecule has 0 fully saturated rings. The van der Waals surface area contributed by atoms with Crippen LogP contribution in [0.1, 0.15) is 10.4 Å². The number of carbonyl (C=O) groups is 2. The van der Waals surface area contributed by atoms with Gasteiger partial charge in [0.1, 0.15) is 35.2 Å². The maximum atomic E-state index is 12.3. The third-order valence-corrected chi connectivity index (χ3v) is 4.39. The Kier molecular flexibility index (Phi) is 4.72. The summed E-state index contributed by atoms with van der Waals surface area (Å²) >= 11 is 0. The quantitative estimate of drug-likeness (QED) is 0.442. The minimum atomic E-state index is -1.60. The monoisotopic (exact) mass is 413 g/mol. The van der Waals surface area contributed by atoms with Gasteiger partial charge in [0.25, 0.3) is 0 Å². The molecule has 0 saturated carbocycles. The molecule has 2 atom stereocenters. The smallest absolute Gasteiger partial charge is 0.377 e. The van der Waals surface area contributed by atoms with Crippen LogP contribution < -0.4 is 0 Å². The lowest BCUT2D eigenvalue weighted by Gasteiger charge is -2.17. The number of cyclic esters (lactones) is 1. The van der Waals surface area contributed by atoms with Gasteiger partial charge in [0, 0.05) is 0 Å². The van der Waals surface area contributed by atoms with E-state index in [4.69, 9.17) is 4.74 Å². The first-order valence-electron chi connectivity index (χ1n) is 8.69. The van der Waals surface area contributed by atoms with Gasteiger partial charge in [-0.2, -0.15) is 0 Å². The fraction of sp³-hybridized carbons (Fsp3) is 0.158. The summed E-state index contributed by atoms with van der Waals surface area (Å²) in [5, 5.41) is 47.4. The van der Waals surface area contributed by atoms with Gasteiger partial charge in [0.2, 0.25) is 5.76 Å². The Hall–Kier alpha value is -4.12. The van der Waals surface area contributed by atoms with Gasteiger partial charge in [0.15, 0.2) is 11.9 Å². The molecule has 30 heavy (non-hydrogen) atoms. The number of fused-ring (bicyclic) bond motifs is 1. The van der Waals surface area contributed by atoms with Gasteiger partial charge in [-0.15, -0.1) is 15.0 Å². The number of aromatic hydroxyl groups is 1. The molecule has 1 aromatic heterocycles. The molecule has 0 saturated heterocycles. The third kappa shape index (κ3) is 3.37. The van der Waals surface area contributed by atoms with Crippen LogP contribution in [-0.4, -0.2) is 66.2 Å². The van der Waals surface area contributed by atoms with Gasteiger partial charge in [-0.3, -0.25) is 0 Å². The van der Waals surface area contributed by atoms with Gasteiger partial charge in [-0.1, -0.05) is 12.1 Å². The summed E-state index contributed by atoms with van der Waals surface area (Å²) < 4.78 is 9.58. The second kappa shape index (κ2) is 7.37. The van der Waals surface area contributed by atoms with Crippen molar-refractivity contribution < 1.29 is 39.5 Å². The summed E-state index contributed by atoms with van der Waals surface area (Å²) in [6, 6.07) is 10.9. The van der Waals surface area contributed by atoms with Crippen LogP contribution in [0, 0.1) is 0 Å². The Balaban J connectivity index is 1.50. The standard InChI is InChI=1S/C19H15N3O8/c23-13-6-5-9(7-12(13)22-20-10-3-1-2-4-11(10)21-22)18(27)29-8-14(24)17-15(25)16(26)19(28)30-17/h1-7,14,17,23-26H,8H2. The number of phenols is 1. The van der Waals surface area contributed by atoms with Gasteiger partial charge >= 0.3 is 11.9 Å². The molecule has 2 aromatic carbocycles. The number of esters is 2. The highest BCUT2D eigenvalue weighted by molar-refractivity contribution is 5.91. The second-order valence-electron chi connectivity index (χ2n) is 6.41. The number of benzene rings is 2. The lowest BCUT2D eigenvalue weighted by molar-refractivity contribution is -0.147. The van der Waals surface area contributed by atoms with Crippen molar-refractivity contribution in [2.45, 2.75) is 12.2 Å². The minimum absolute atomic E-state index is 0.0300. The molecule has 4 rings (SSSR count). The Labute approximate surface area is 168 Å². The normalized spacial score (nSPS) is 17.2. The molecule has 0 spiro atoms. The van der Waals surface area contributed by atoms with E-state index in [1.165, 1.54) is 23.0 Å². The van der Waals surface area contributed by atoms with E-state index in [1.807, 2.05) is 0 Å². The van der Waals surface area contributed by atoms with E-state index in [9.17, 15) is 30.0 Å². The summed E-state index contributed by atoms with van der Waals surface area (Å²) in [4.78, 5) is 24.7. The SMILES string of the molecule is O=C1OC(C(O)COC(=O)c2ccc(O)c(-n3nc4ccccc4n3)c2)C(O)=C1O. The first-order chi connectivity index (χ1) is 14.3. The fourth-order valence-corrected chi connectivity index (χ4v) is 2.84. The molecule has 0 radical (unpaired) electrons. The number of aliphatic hydroxyl groups is 3.